The van der Waals surface area contributed by atoms with Crippen LogP contribution in [0.25, 0.3) is 0 Å². The van der Waals surface area contributed by atoms with E-state index in [2.05, 4.69) is 19.2 Å². The van der Waals surface area contributed by atoms with E-state index in [0.717, 1.165) is 11.3 Å². The zero-order chi connectivity index (χ0) is 16.0. The number of anilines is 1. The Bertz CT molecular complexity index is 500. The number of urea groups is 1. The molecule has 2 amide bonds. The summed E-state index contributed by atoms with van der Waals surface area (Å²) in [7, 11) is 0. The highest BCUT2D eigenvalue weighted by atomic mass is 16.4. The van der Waals surface area contributed by atoms with Crippen molar-refractivity contribution in [2.24, 2.45) is 5.92 Å². The number of carbonyl (C=O) groups excluding carboxylic acids is 1. The Morgan fingerprint density at radius 2 is 1.86 bits per heavy atom. The van der Waals surface area contributed by atoms with Crippen molar-refractivity contribution < 1.29 is 14.7 Å². The molecule has 0 spiro atoms. The molecule has 0 aliphatic heterocycles. The number of aliphatic carboxylic acids is 1. The molecule has 0 saturated carbocycles. The molecule has 0 radical (unpaired) electrons. The molecular formula is C16H24N2O3. The molecule has 1 atom stereocenters. The first-order valence-electron chi connectivity index (χ1n) is 7.24. The van der Waals surface area contributed by atoms with Crippen molar-refractivity contribution >= 4 is 17.7 Å². The fraction of sp³-hybridized carbons (Fsp3) is 0.500. The van der Waals surface area contributed by atoms with Crippen molar-refractivity contribution in [3.63, 3.8) is 0 Å². The first kappa shape index (κ1) is 17.0. The van der Waals surface area contributed by atoms with Gasteiger partial charge in [0.05, 0.1) is 5.92 Å². The maximum Gasteiger partial charge on any atom is 0.321 e. The molecule has 1 unspecified atom stereocenters. The third-order valence-electron chi connectivity index (χ3n) is 3.41. The summed E-state index contributed by atoms with van der Waals surface area (Å²) in [5.41, 5.74) is 1.84. The van der Waals surface area contributed by atoms with Gasteiger partial charge in [0, 0.05) is 18.8 Å². The van der Waals surface area contributed by atoms with Gasteiger partial charge in [0.1, 0.15) is 0 Å². The van der Waals surface area contributed by atoms with Crippen molar-refractivity contribution in [3.05, 3.63) is 29.8 Å². The molecule has 1 aromatic carbocycles. The van der Waals surface area contributed by atoms with Gasteiger partial charge in [0.15, 0.2) is 0 Å². The predicted molar refractivity (Wildman–Crippen MR) is 83.6 cm³/mol. The van der Waals surface area contributed by atoms with Gasteiger partial charge in [-0.15, -0.1) is 0 Å². The van der Waals surface area contributed by atoms with Gasteiger partial charge in [-0.25, -0.2) is 4.79 Å². The third kappa shape index (κ3) is 4.77. The van der Waals surface area contributed by atoms with Crippen LogP contribution in [0, 0.1) is 5.92 Å². The van der Waals surface area contributed by atoms with E-state index in [-0.39, 0.29) is 12.6 Å². The molecule has 0 bridgehead atoms. The molecule has 0 fully saturated rings. The van der Waals surface area contributed by atoms with E-state index >= 15 is 0 Å². The van der Waals surface area contributed by atoms with Crippen molar-refractivity contribution in [1.29, 1.82) is 0 Å². The van der Waals surface area contributed by atoms with Crippen molar-refractivity contribution in [1.82, 2.24) is 4.90 Å². The Morgan fingerprint density at radius 1 is 1.24 bits per heavy atom. The lowest BCUT2D eigenvalue weighted by Crippen LogP contribution is -2.39. The van der Waals surface area contributed by atoms with Crippen LogP contribution in [0.5, 0.6) is 0 Å². The van der Waals surface area contributed by atoms with Crippen molar-refractivity contribution in [2.75, 3.05) is 18.4 Å². The molecule has 1 aromatic rings. The van der Waals surface area contributed by atoms with Gasteiger partial charge < -0.3 is 15.3 Å². The summed E-state index contributed by atoms with van der Waals surface area (Å²) in [4.78, 5) is 24.7. The number of carboxylic acids is 1. The van der Waals surface area contributed by atoms with E-state index in [1.807, 2.05) is 31.2 Å². The molecule has 1 rings (SSSR count). The lowest BCUT2D eigenvalue weighted by Gasteiger charge is -2.24. The van der Waals surface area contributed by atoms with Gasteiger partial charge in [-0.2, -0.15) is 0 Å². The Kier molecular flexibility index (Phi) is 6.21. The maximum absolute atomic E-state index is 12.3. The number of amides is 2. The van der Waals surface area contributed by atoms with Crippen LogP contribution in [0.15, 0.2) is 24.3 Å². The maximum atomic E-state index is 12.3. The largest absolute Gasteiger partial charge is 0.481 e. The highest BCUT2D eigenvalue weighted by Crippen LogP contribution is 2.24. The monoisotopic (exact) mass is 292 g/mol. The van der Waals surface area contributed by atoms with Gasteiger partial charge in [0.2, 0.25) is 0 Å². The fourth-order valence-electron chi connectivity index (χ4n) is 2.07. The number of nitrogens with one attached hydrogen (secondary N) is 1. The van der Waals surface area contributed by atoms with Crippen LogP contribution in [0.3, 0.4) is 0 Å². The van der Waals surface area contributed by atoms with Crippen molar-refractivity contribution in [2.45, 2.75) is 33.6 Å². The predicted octanol–water partition coefficient (Wildman–Crippen LogP) is 3.38. The molecule has 116 valence electrons. The van der Waals surface area contributed by atoms with Crippen LogP contribution in [-0.2, 0) is 4.79 Å². The summed E-state index contributed by atoms with van der Waals surface area (Å²) in [6.07, 6.45) is 0. The quantitative estimate of drug-likeness (QED) is 0.844. The number of hydrogen-bond donors (Lipinski definition) is 2. The summed E-state index contributed by atoms with van der Waals surface area (Å²) in [5.74, 6) is -1.19. The van der Waals surface area contributed by atoms with E-state index in [1.54, 1.807) is 6.92 Å². The molecule has 0 aromatic heterocycles. The van der Waals surface area contributed by atoms with Gasteiger partial charge in [-0.3, -0.25) is 4.79 Å². The number of benzene rings is 1. The van der Waals surface area contributed by atoms with E-state index in [1.165, 1.54) is 4.90 Å². The zero-order valence-corrected chi connectivity index (χ0v) is 13.1. The van der Waals surface area contributed by atoms with Gasteiger partial charge in [0.25, 0.3) is 0 Å². The SMILES string of the molecule is CCN(CC(C)C(=O)O)C(=O)Nc1ccccc1C(C)C. The Labute approximate surface area is 126 Å². The third-order valence-corrected chi connectivity index (χ3v) is 3.41. The second-order valence-corrected chi connectivity index (χ2v) is 5.45. The van der Waals surface area contributed by atoms with Crippen LogP contribution in [0.1, 0.15) is 39.2 Å². The number of hydrogen-bond acceptors (Lipinski definition) is 2. The molecule has 0 aliphatic rings. The van der Waals surface area contributed by atoms with Crippen LogP contribution in [0.2, 0.25) is 0 Å². The Morgan fingerprint density at radius 3 is 2.38 bits per heavy atom. The molecule has 0 heterocycles. The molecule has 21 heavy (non-hydrogen) atoms. The summed E-state index contributed by atoms with van der Waals surface area (Å²) >= 11 is 0. The molecular weight excluding hydrogens is 268 g/mol. The molecule has 0 saturated heterocycles. The molecule has 5 nitrogen and oxygen atoms in total. The second kappa shape index (κ2) is 7.67. The summed E-state index contributed by atoms with van der Waals surface area (Å²) in [6.45, 7) is 8.22. The Hall–Kier alpha value is -2.04. The zero-order valence-electron chi connectivity index (χ0n) is 13.1. The van der Waals surface area contributed by atoms with Crippen LogP contribution < -0.4 is 5.32 Å². The van der Waals surface area contributed by atoms with Crippen molar-refractivity contribution in [3.8, 4) is 0 Å². The lowest BCUT2D eigenvalue weighted by molar-refractivity contribution is -0.141. The first-order chi connectivity index (χ1) is 9.86. The second-order valence-electron chi connectivity index (χ2n) is 5.45. The Balaban J connectivity index is 2.81. The van der Waals surface area contributed by atoms with E-state index < -0.39 is 11.9 Å². The smallest absolute Gasteiger partial charge is 0.321 e. The summed E-state index contributed by atoms with van der Waals surface area (Å²) in [5, 5.41) is 11.8. The molecule has 5 heteroatoms. The van der Waals surface area contributed by atoms with Crippen LogP contribution >= 0.6 is 0 Å². The van der Waals surface area contributed by atoms with Gasteiger partial charge in [-0.05, 0) is 24.5 Å². The standard InChI is InChI=1S/C16H24N2O3/c1-5-18(10-12(4)15(19)20)16(21)17-14-9-7-6-8-13(14)11(2)3/h6-9,11-12H,5,10H2,1-4H3,(H,17,21)(H,19,20). The summed E-state index contributed by atoms with van der Waals surface area (Å²) < 4.78 is 0. The number of nitrogens with zero attached hydrogens (tertiary/aromatic N) is 1. The normalized spacial score (nSPS) is 12.0. The van der Waals surface area contributed by atoms with Crippen LogP contribution in [0.4, 0.5) is 10.5 Å². The first-order valence-corrected chi connectivity index (χ1v) is 7.24. The van der Waals surface area contributed by atoms with E-state index in [0.29, 0.717) is 12.5 Å². The van der Waals surface area contributed by atoms with Gasteiger partial charge >= 0.3 is 12.0 Å². The highest BCUT2D eigenvalue weighted by Gasteiger charge is 2.20. The minimum absolute atomic E-state index is 0.196. The van der Waals surface area contributed by atoms with Crippen LogP contribution in [-0.4, -0.2) is 35.1 Å². The molecule has 0 aliphatic carbocycles. The van der Waals surface area contributed by atoms with Gasteiger partial charge in [-0.1, -0.05) is 39.0 Å². The number of para-hydroxylation sites is 1. The number of rotatable bonds is 6. The average molecular weight is 292 g/mol. The average Bonchev–Trinajstić information content (AvgIpc) is 2.44. The topological polar surface area (TPSA) is 69.6 Å². The van der Waals surface area contributed by atoms with E-state index in [4.69, 9.17) is 5.11 Å². The number of carboxylic acid groups (broad SMARTS) is 1. The summed E-state index contributed by atoms with van der Waals surface area (Å²) in [6, 6.07) is 7.39. The number of carbonyl (C=O) groups is 2. The fourth-order valence-corrected chi connectivity index (χ4v) is 2.07. The highest BCUT2D eigenvalue weighted by molar-refractivity contribution is 5.90. The minimum Gasteiger partial charge on any atom is -0.481 e. The molecule has 2 N–H and O–H groups in total. The minimum atomic E-state index is -0.899. The van der Waals surface area contributed by atoms with E-state index in [9.17, 15) is 9.59 Å². The lowest BCUT2D eigenvalue weighted by atomic mass is 10.0.